The Balaban J connectivity index is 2.04. The maximum atomic E-state index is 12.8. The van der Waals surface area contributed by atoms with Crippen LogP contribution in [0.5, 0.6) is 0 Å². The number of nitrogens with zero attached hydrogens (tertiary/aromatic N) is 3. The lowest BCUT2D eigenvalue weighted by Crippen LogP contribution is -2.41. The van der Waals surface area contributed by atoms with E-state index >= 15 is 0 Å². The minimum Gasteiger partial charge on any atom is -0.354 e. The number of carbonyl (C=O) groups is 1. The third-order valence-electron chi connectivity index (χ3n) is 4.08. The lowest BCUT2D eigenvalue weighted by Gasteiger charge is -2.29. The van der Waals surface area contributed by atoms with Gasteiger partial charge in [0.2, 0.25) is 5.91 Å². The Morgan fingerprint density at radius 3 is 2.48 bits per heavy atom. The first kappa shape index (κ1) is 19.8. The summed E-state index contributed by atoms with van der Waals surface area (Å²) >= 11 is 12.3. The number of hydrogen-bond acceptors (Lipinski definition) is 3. The number of hydrogen-bond donors (Lipinski definition) is 1. The molecule has 0 saturated carbocycles. The second-order valence-electron chi connectivity index (χ2n) is 5.77. The summed E-state index contributed by atoms with van der Waals surface area (Å²) in [6.07, 6.45) is 6.27. The molecule has 1 amide bonds. The molecule has 2 rings (SSSR count). The zero-order valence-electron chi connectivity index (χ0n) is 14.6. The fourth-order valence-corrected chi connectivity index (χ4v) is 3.38. The summed E-state index contributed by atoms with van der Waals surface area (Å²) in [6.45, 7) is 7.01. The standard InChI is InChI=1S/C18H24Cl2N4O/c1-3-24(4-2)17(14-10-15(19)12-16(20)11-14)18(25)22-6-5-8-23-9-7-21-13-23/h7,9-13,17H,3-6,8H2,1-2H3,(H,22,25). The van der Waals surface area contributed by atoms with E-state index in [4.69, 9.17) is 23.2 Å². The highest BCUT2D eigenvalue weighted by molar-refractivity contribution is 6.34. The fraction of sp³-hybridized carbons (Fsp3) is 0.444. The van der Waals surface area contributed by atoms with Crippen molar-refractivity contribution >= 4 is 29.1 Å². The van der Waals surface area contributed by atoms with Crippen LogP contribution in [0, 0.1) is 0 Å². The summed E-state index contributed by atoms with van der Waals surface area (Å²) in [5.74, 6) is -0.0346. The van der Waals surface area contributed by atoms with Gasteiger partial charge in [0.1, 0.15) is 6.04 Å². The van der Waals surface area contributed by atoms with Gasteiger partial charge in [0.05, 0.1) is 6.33 Å². The number of aryl methyl sites for hydroxylation is 1. The highest BCUT2D eigenvalue weighted by Gasteiger charge is 2.26. The third-order valence-corrected chi connectivity index (χ3v) is 4.51. The molecule has 0 aliphatic carbocycles. The average molecular weight is 383 g/mol. The lowest BCUT2D eigenvalue weighted by molar-refractivity contribution is -0.126. The highest BCUT2D eigenvalue weighted by atomic mass is 35.5. The van der Waals surface area contributed by atoms with Gasteiger partial charge < -0.3 is 9.88 Å². The number of benzene rings is 1. The lowest BCUT2D eigenvalue weighted by atomic mass is 10.0. The van der Waals surface area contributed by atoms with Crippen LogP contribution in [0.3, 0.4) is 0 Å². The van der Waals surface area contributed by atoms with Crippen LogP contribution in [0.2, 0.25) is 10.0 Å². The van der Waals surface area contributed by atoms with Gasteiger partial charge in [0, 0.05) is 35.5 Å². The summed E-state index contributed by atoms with van der Waals surface area (Å²) in [5.41, 5.74) is 0.813. The Bertz CT molecular complexity index is 651. The zero-order valence-corrected chi connectivity index (χ0v) is 16.1. The number of likely N-dealkylation sites (N-methyl/N-ethyl adjacent to an activating group) is 1. The van der Waals surface area contributed by atoms with Crippen molar-refractivity contribution in [1.82, 2.24) is 19.8 Å². The first-order valence-corrected chi connectivity index (χ1v) is 9.24. The molecule has 1 aromatic heterocycles. The molecular weight excluding hydrogens is 359 g/mol. The van der Waals surface area contributed by atoms with E-state index in [1.807, 2.05) is 36.7 Å². The number of imidazole rings is 1. The first-order chi connectivity index (χ1) is 12.0. The summed E-state index contributed by atoms with van der Waals surface area (Å²) in [4.78, 5) is 18.9. The van der Waals surface area contributed by atoms with Crippen molar-refractivity contribution in [2.45, 2.75) is 32.9 Å². The normalized spacial score (nSPS) is 12.4. The Hall–Kier alpha value is -1.56. The first-order valence-electron chi connectivity index (χ1n) is 8.48. The Morgan fingerprint density at radius 1 is 1.24 bits per heavy atom. The number of aromatic nitrogens is 2. The molecule has 1 unspecified atom stereocenters. The molecule has 0 radical (unpaired) electrons. The van der Waals surface area contributed by atoms with Crippen LogP contribution in [0.15, 0.2) is 36.9 Å². The van der Waals surface area contributed by atoms with E-state index in [-0.39, 0.29) is 5.91 Å². The monoisotopic (exact) mass is 382 g/mol. The molecule has 7 heteroatoms. The Kier molecular flexibility index (Phi) is 7.75. The molecule has 0 spiro atoms. The smallest absolute Gasteiger partial charge is 0.241 e. The number of amides is 1. The van der Waals surface area contributed by atoms with Gasteiger partial charge in [-0.15, -0.1) is 0 Å². The maximum absolute atomic E-state index is 12.8. The third kappa shape index (κ3) is 5.73. The second-order valence-corrected chi connectivity index (χ2v) is 6.64. The Morgan fingerprint density at radius 2 is 1.92 bits per heavy atom. The molecule has 0 aliphatic heterocycles. The zero-order chi connectivity index (χ0) is 18.2. The van der Waals surface area contributed by atoms with E-state index in [0.717, 1.165) is 31.6 Å². The van der Waals surface area contributed by atoms with Crippen LogP contribution in [0.4, 0.5) is 0 Å². The van der Waals surface area contributed by atoms with Crippen LogP contribution in [0.25, 0.3) is 0 Å². The van der Waals surface area contributed by atoms with Crippen molar-refractivity contribution in [3.63, 3.8) is 0 Å². The fourth-order valence-electron chi connectivity index (χ4n) is 2.84. The van der Waals surface area contributed by atoms with Crippen LogP contribution < -0.4 is 5.32 Å². The number of rotatable bonds is 9. The van der Waals surface area contributed by atoms with E-state index < -0.39 is 6.04 Å². The van der Waals surface area contributed by atoms with E-state index in [1.165, 1.54) is 0 Å². The molecule has 25 heavy (non-hydrogen) atoms. The minimum atomic E-state index is -0.403. The van der Waals surface area contributed by atoms with Gasteiger partial charge in [-0.05, 0) is 43.3 Å². The number of halogens is 2. The van der Waals surface area contributed by atoms with Gasteiger partial charge >= 0.3 is 0 Å². The van der Waals surface area contributed by atoms with Crippen molar-refractivity contribution < 1.29 is 4.79 Å². The maximum Gasteiger partial charge on any atom is 0.241 e. The van der Waals surface area contributed by atoms with Gasteiger partial charge in [-0.3, -0.25) is 9.69 Å². The molecule has 1 atom stereocenters. The summed E-state index contributed by atoms with van der Waals surface area (Å²) in [6, 6.07) is 4.89. The number of carbonyl (C=O) groups excluding carboxylic acids is 1. The van der Waals surface area contributed by atoms with Crippen molar-refractivity contribution in [3.05, 3.63) is 52.5 Å². The van der Waals surface area contributed by atoms with Crippen LogP contribution in [-0.2, 0) is 11.3 Å². The van der Waals surface area contributed by atoms with E-state index in [2.05, 4.69) is 15.2 Å². The average Bonchev–Trinajstić information content (AvgIpc) is 3.08. The quantitative estimate of drug-likeness (QED) is 0.671. The second kappa shape index (κ2) is 9.80. The van der Waals surface area contributed by atoms with Gasteiger partial charge in [-0.25, -0.2) is 4.98 Å². The van der Waals surface area contributed by atoms with Crippen LogP contribution >= 0.6 is 23.2 Å². The Labute approximate surface area is 158 Å². The molecule has 0 fully saturated rings. The molecule has 1 N–H and O–H groups in total. The molecule has 1 aromatic carbocycles. The van der Waals surface area contributed by atoms with Crippen molar-refractivity contribution in [1.29, 1.82) is 0 Å². The summed E-state index contributed by atoms with van der Waals surface area (Å²) in [7, 11) is 0. The molecule has 0 aliphatic rings. The SMILES string of the molecule is CCN(CC)C(C(=O)NCCCn1ccnc1)c1cc(Cl)cc(Cl)c1. The van der Waals surface area contributed by atoms with Gasteiger partial charge in [0.15, 0.2) is 0 Å². The molecule has 5 nitrogen and oxygen atoms in total. The largest absolute Gasteiger partial charge is 0.354 e. The highest BCUT2D eigenvalue weighted by Crippen LogP contribution is 2.27. The predicted molar refractivity (Wildman–Crippen MR) is 102 cm³/mol. The predicted octanol–water partition coefficient (Wildman–Crippen LogP) is 3.78. The van der Waals surface area contributed by atoms with E-state index in [0.29, 0.717) is 16.6 Å². The van der Waals surface area contributed by atoms with Crippen molar-refractivity contribution in [2.24, 2.45) is 0 Å². The van der Waals surface area contributed by atoms with E-state index in [9.17, 15) is 4.79 Å². The molecule has 2 aromatic rings. The molecular formula is C18H24Cl2N4O. The molecule has 0 saturated heterocycles. The molecule has 136 valence electrons. The minimum absolute atomic E-state index is 0.0346. The van der Waals surface area contributed by atoms with Crippen LogP contribution in [-0.4, -0.2) is 40.0 Å². The van der Waals surface area contributed by atoms with E-state index in [1.54, 1.807) is 18.6 Å². The molecule has 1 heterocycles. The van der Waals surface area contributed by atoms with Crippen molar-refractivity contribution in [2.75, 3.05) is 19.6 Å². The van der Waals surface area contributed by atoms with Gasteiger partial charge in [-0.1, -0.05) is 37.0 Å². The summed E-state index contributed by atoms with van der Waals surface area (Å²) < 4.78 is 1.99. The number of nitrogens with one attached hydrogen (secondary N) is 1. The van der Waals surface area contributed by atoms with Crippen LogP contribution in [0.1, 0.15) is 31.9 Å². The topological polar surface area (TPSA) is 50.2 Å². The summed E-state index contributed by atoms with van der Waals surface area (Å²) in [5, 5.41) is 4.10. The molecule has 0 bridgehead atoms. The van der Waals surface area contributed by atoms with Gasteiger partial charge in [-0.2, -0.15) is 0 Å². The van der Waals surface area contributed by atoms with Crippen molar-refractivity contribution in [3.8, 4) is 0 Å². The van der Waals surface area contributed by atoms with Gasteiger partial charge in [0.25, 0.3) is 0 Å².